The summed E-state index contributed by atoms with van der Waals surface area (Å²) in [5.74, 6) is 1.36. The maximum absolute atomic E-state index is 12.1. The van der Waals surface area contributed by atoms with Crippen LogP contribution in [0.1, 0.15) is 44.6 Å². The van der Waals surface area contributed by atoms with Crippen molar-refractivity contribution in [1.82, 2.24) is 4.90 Å². The molecule has 0 radical (unpaired) electrons. The Morgan fingerprint density at radius 3 is 2.78 bits per heavy atom. The van der Waals surface area contributed by atoms with Crippen molar-refractivity contribution >= 4 is 11.6 Å². The van der Waals surface area contributed by atoms with Crippen LogP contribution in [0.5, 0.6) is 0 Å². The Morgan fingerprint density at radius 2 is 2.09 bits per heavy atom. The van der Waals surface area contributed by atoms with Crippen molar-refractivity contribution in [2.24, 2.45) is 11.8 Å². The fourth-order valence-corrected chi connectivity index (χ4v) is 3.70. The van der Waals surface area contributed by atoms with Crippen LogP contribution >= 0.6 is 0 Å². The van der Waals surface area contributed by atoms with Crippen LogP contribution in [0, 0.1) is 11.8 Å². The van der Waals surface area contributed by atoms with Crippen molar-refractivity contribution in [2.45, 2.75) is 45.6 Å². The van der Waals surface area contributed by atoms with Gasteiger partial charge in [-0.1, -0.05) is 31.2 Å². The van der Waals surface area contributed by atoms with Crippen molar-refractivity contribution in [3.63, 3.8) is 0 Å². The molecule has 1 fully saturated rings. The van der Waals surface area contributed by atoms with E-state index in [1.807, 2.05) is 12.1 Å². The normalized spacial score (nSPS) is 24.7. The summed E-state index contributed by atoms with van der Waals surface area (Å²) in [6, 6.07) is 8.35. The van der Waals surface area contributed by atoms with Gasteiger partial charge in [-0.2, -0.15) is 0 Å². The van der Waals surface area contributed by atoms with Crippen LogP contribution in [-0.4, -0.2) is 23.9 Å². The summed E-state index contributed by atoms with van der Waals surface area (Å²) in [5, 5.41) is 3.02. The van der Waals surface area contributed by atoms with Gasteiger partial charge in [0.05, 0.1) is 0 Å². The standard InChI is InChI=1S/C20H28N2O/c1-16-5-4-12-22(14-16)15-18-8-10-19(11-9-18)21-20(23)13-17-6-2-3-7-17/h2,6,8-11,16-17H,3-5,7,12-15H2,1H3,(H,21,23)/t16-,17+/m0/s1. The number of carbonyl (C=O) groups is 1. The number of hydrogen-bond donors (Lipinski definition) is 1. The van der Waals surface area contributed by atoms with Gasteiger partial charge in [-0.25, -0.2) is 0 Å². The summed E-state index contributed by atoms with van der Waals surface area (Å²) in [7, 11) is 0. The summed E-state index contributed by atoms with van der Waals surface area (Å²) in [6.07, 6.45) is 9.84. The lowest BCUT2D eigenvalue weighted by molar-refractivity contribution is -0.116. The number of allylic oxidation sites excluding steroid dienone is 2. The van der Waals surface area contributed by atoms with Crippen LogP contribution in [0.2, 0.25) is 0 Å². The SMILES string of the molecule is C[C@H]1CCCN(Cc2ccc(NC(=O)C[C@@H]3C=CCC3)cc2)C1. The van der Waals surface area contributed by atoms with Gasteiger partial charge in [0.25, 0.3) is 0 Å². The zero-order valence-electron chi connectivity index (χ0n) is 14.1. The van der Waals surface area contributed by atoms with E-state index in [4.69, 9.17) is 0 Å². The molecule has 0 aromatic heterocycles. The Balaban J connectivity index is 1.48. The van der Waals surface area contributed by atoms with Gasteiger partial charge in [0.15, 0.2) is 0 Å². The van der Waals surface area contributed by atoms with Crippen molar-refractivity contribution < 1.29 is 4.79 Å². The van der Waals surface area contributed by atoms with E-state index in [2.05, 4.69) is 41.4 Å². The number of anilines is 1. The van der Waals surface area contributed by atoms with Gasteiger partial charge in [0.2, 0.25) is 5.91 Å². The molecule has 1 heterocycles. The number of nitrogens with one attached hydrogen (secondary N) is 1. The van der Waals surface area contributed by atoms with Crippen molar-refractivity contribution in [3.05, 3.63) is 42.0 Å². The molecule has 124 valence electrons. The van der Waals surface area contributed by atoms with E-state index in [1.54, 1.807) is 0 Å². The number of amides is 1. The fraction of sp³-hybridized carbons (Fsp3) is 0.550. The van der Waals surface area contributed by atoms with Crippen LogP contribution in [0.4, 0.5) is 5.69 Å². The first-order valence-corrected chi connectivity index (χ1v) is 8.97. The molecular weight excluding hydrogens is 284 g/mol. The second-order valence-corrected chi connectivity index (χ2v) is 7.20. The van der Waals surface area contributed by atoms with Gasteiger partial charge in [0, 0.05) is 25.2 Å². The molecule has 1 aromatic carbocycles. The zero-order chi connectivity index (χ0) is 16.1. The maximum atomic E-state index is 12.1. The third kappa shape index (κ3) is 4.93. The first-order valence-electron chi connectivity index (χ1n) is 8.97. The Hall–Kier alpha value is -1.61. The molecule has 1 aliphatic carbocycles. The van der Waals surface area contributed by atoms with E-state index in [1.165, 1.54) is 31.5 Å². The van der Waals surface area contributed by atoms with Crippen LogP contribution in [0.25, 0.3) is 0 Å². The average Bonchev–Trinajstić information content (AvgIpc) is 3.02. The molecule has 0 bridgehead atoms. The van der Waals surface area contributed by atoms with E-state index in [9.17, 15) is 4.79 Å². The molecule has 1 amide bonds. The Morgan fingerprint density at radius 1 is 1.26 bits per heavy atom. The quantitative estimate of drug-likeness (QED) is 0.826. The summed E-state index contributed by atoms with van der Waals surface area (Å²) >= 11 is 0. The van der Waals surface area contributed by atoms with Gasteiger partial charge in [-0.3, -0.25) is 9.69 Å². The summed E-state index contributed by atoms with van der Waals surface area (Å²) < 4.78 is 0. The predicted octanol–water partition coefficient (Wildman–Crippen LogP) is 4.21. The fourth-order valence-electron chi connectivity index (χ4n) is 3.70. The van der Waals surface area contributed by atoms with Gasteiger partial charge >= 0.3 is 0 Å². The number of hydrogen-bond acceptors (Lipinski definition) is 2. The first kappa shape index (κ1) is 16.3. The smallest absolute Gasteiger partial charge is 0.224 e. The highest BCUT2D eigenvalue weighted by atomic mass is 16.1. The van der Waals surface area contributed by atoms with Crippen LogP contribution in [0.3, 0.4) is 0 Å². The molecule has 23 heavy (non-hydrogen) atoms. The second kappa shape index (κ2) is 7.78. The number of benzene rings is 1. The monoisotopic (exact) mass is 312 g/mol. The number of nitrogens with zero attached hydrogens (tertiary/aromatic N) is 1. The molecular formula is C20H28N2O. The Labute approximate surface area is 139 Å². The predicted molar refractivity (Wildman–Crippen MR) is 95.2 cm³/mol. The van der Waals surface area contributed by atoms with Crippen LogP contribution in [-0.2, 0) is 11.3 Å². The first-order chi connectivity index (χ1) is 11.2. The van der Waals surface area contributed by atoms with E-state index in [0.717, 1.165) is 31.0 Å². The lowest BCUT2D eigenvalue weighted by Crippen LogP contribution is -2.33. The minimum Gasteiger partial charge on any atom is -0.326 e. The number of carbonyl (C=O) groups excluding carboxylic acids is 1. The second-order valence-electron chi connectivity index (χ2n) is 7.20. The lowest BCUT2D eigenvalue weighted by Gasteiger charge is -2.30. The molecule has 1 aromatic rings. The van der Waals surface area contributed by atoms with Gasteiger partial charge in [-0.05, 0) is 61.8 Å². The maximum Gasteiger partial charge on any atom is 0.224 e. The summed E-state index contributed by atoms with van der Waals surface area (Å²) in [4.78, 5) is 14.6. The molecule has 0 saturated carbocycles. The third-order valence-electron chi connectivity index (χ3n) is 4.94. The molecule has 2 aliphatic rings. The van der Waals surface area contributed by atoms with Gasteiger partial charge < -0.3 is 5.32 Å². The number of rotatable bonds is 5. The van der Waals surface area contributed by atoms with Crippen molar-refractivity contribution in [2.75, 3.05) is 18.4 Å². The third-order valence-corrected chi connectivity index (χ3v) is 4.94. The largest absolute Gasteiger partial charge is 0.326 e. The molecule has 0 spiro atoms. The van der Waals surface area contributed by atoms with Crippen LogP contribution in [0.15, 0.2) is 36.4 Å². The van der Waals surface area contributed by atoms with E-state index >= 15 is 0 Å². The minimum absolute atomic E-state index is 0.124. The molecule has 1 N–H and O–H groups in total. The molecule has 2 atom stereocenters. The van der Waals surface area contributed by atoms with Crippen molar-refractivity contribution in [3.8, 4) is 0 Å². The van der Waals surface area contributed by atoms with Crippen LogP contribution < -0.4 is 5.32 Å². The zero-order valence-corrected chi connectivity index (χ0v) is 14.1. The highest BCUT2D eigenvalue weighted by Crippen LogP contribution is 2.22. The topological polar surface area (TPSA) is 32.3 Å². The summed E-state index contributed by atoms with van der Waals surface area (Å²) in [5.41, 5.74) is 2.24. The van der Waals surface area contributed by atoms with E-state index in [-0.39, 0.29) is 5.91 Å². The minimum atomic E-state index is 0.124. The molecule has 0 unspecified atom stereocenters. The van der Waals surface area contributed by atoms with Gasteiger partial charge in [0.1, 0.15) is 0 Å². The van der Waals surface area contributed by atoms with E-state index in [0.29, 0.717) is 12.3 Å². The number of likely N-dealkylation sites (tertiary alicyclic amines) is 1. The molecule has 3 heteroatoms. The summed E-state index contributed by atoms with van der Waals surface area (Å²) in [6.45, 7) is 5.76. The Kier molecular flexibility index (Phi) is 5.50. The molecule has 3 rings (SSSR count). The van der Waals surface area contributed by atoms with E-state index < -0.39 is 0 Å². The highest BCUT2D eigenvalue weighted by molar-refractivity contribution is 5.91. The van der Waals surface area contributed by atoms with Gasteiger partial charge in [-0.15, -0.1) is 0 Å². The average molecular weight is 312 g/mol. The van der Waals surface area contributed by atoms with Crippen molar-refractivity contribution in [1.29, 1.82) is 0 Å². The molecule has 1 aliphatic heterocycles. The Bertz CT molecular complexity index is 549. The number of piperidine rings is 1. The highest BCUT2D eigenvalue weighted by Gasteiger charge is 2.16. The lowest BCUT2D eigenvalue weighted by atomic mass is 10.00. The molecule has 1 saturated heterocycles. The molecule has 3 nitrogen and oxygen atoms in total.